The van der Waals surface area contributed by atoms with Crippen LogP contribution in [0.15, 0.2) is 0 Å². The number of ether oxygens (including phenoxy) is 2. The van der Waals surface area contributed by atoms with E-state index in [0.717, 1.165) is 0 Å². The maximum absolute atomic E-state index is 11.3. The molecule has 6 heteroatoms. The van der Waals surface area contributed by atoms with Crippen LogP contribution in [0.4, 0.5) is 0 Å². The van der Waals surface area contributed by atoms with Gasteiger partial charge in [0.05, 0.1) is 7.11 Å². The third kappa shape index (κ3) is 7.70. The molecule has 100 valence electrons. The van der Waals surface area contributed by atoms with Gasteiger partial charge in [-0.25, -0.2) is 4.79 Å². The Hall–Kier alpha value is -1.14. The molecule has 0 aliphatic rings. The van der Waals surface area contributed by atoms with E-state index in [4.69, 9.17) is 4.74 Å². The summed E-state index contributed by atoms with van der Waals surface area (Å²) in [5.74, 6) is -0.366. The average Bonchev–Trinajstić information content (AvgIpc) is 2.26. The van der Waals surface area contributed by atoms with Gasteiger partial charge in [0.25, 0.3) is 0 Å². The lowest BCUT2D eigenvalue weighted by molar-refractivity contribution is -0.144. The Morgan fingerprint density at radius 2 is 1.88 bits per heavy atom. The summed E-state index contributed by atoms with van der Waals surface area (Å²) < 4.78 is 9.59. The van der Waals surface area contributed by atoms with Gasteiger partial charge in [-0.05, 0) is 12.5 Å². The fourth-order valence-electron chi connectivity index (χ4n) is 1.40. The molecule has 0 fully saturated rings. The van der Waals surface area contributed by atoms with Gasteiger partial charge in [0.1, 0.15) is 6.04 Å². The number of carbonyl (C=O) groups excluding carboxylic acids is 2. The minimum Gasteiger partial charge on any atom is -0.467 e. The summed E-state index contributed by atoms with van der Waals surface area (Å²) in [4.78, 5) is 22.3. The second kappa shape index (κ2) is 8.95. The molecular weight excluding hydrogens is 224 g/mol. The van der Waals surface area contributed by atoms with Gasteiger partial charge in [0.2, 0.25) is 5.91 Å². The van der Waals surface area contributed by atoms with E-state index in [1.807, 2.05) is 6.92 Å². The Labute approximate surface area is 102 Å². The Kier molecular flexibility index (Phi) is 8.35. The molecule has 0 heterocycles. The number of methoxy groups -OCH3 is 2. The predicted octanol–water partition coefficient (Wildman–Crippen LogP) is -0.464. The van der Waals surface area contributed by atoms with Crippen molar-refractivity contribution in [2.24, 2.45) is 5.92 Å². The lowest BCUT2D eigenvalue weighted by Gasteiger charge is -2.17. The first-order valence-corrected chi connectivity index (χ1v) is 5.55. The summed E-state index contributed by atoms with van der Waals surface area (Å²) in [6.45, 7) is 5.10. The Morgan fingerprint density at radius 3 is 2.35 bits per heavy atom. The zero-order chi connectivity index (χ0) is 13.3. The summed E-state index contributed by atoms with van der Waals surface area (Å²) in [7, 11) is 2.94. The molecule has 0 aliphatic heterocycles. The smallest absolute Gasteiger partial charge is 0.329 e. The zero-order valence-corrected chi connectivity index (χ0v) is 10.9. The second-order valence-corrected chi connectivity index (χ2v) is 4.00. The largest absolute Gasteiger partial charge is 0.467 e. The molecule has 0 saturated carbocycles. The first-order chi connectivity index (χ1) is 8.01. The molecule has 2 unspecified atom stereocenters. The van der Waals surface area contributed by atoms with Crippen LogP contribution in [0.1, 0.15) is 13.8 Å². The zero-order valence-electron chi connectivity index (χ0n) is 10.9. The highest BCUT2D eigenvalue weighted by Gasteiger charge is 2.19. The summed E-state index contributed by atoms with van der Waals surface area (Å²) in [5, 5.41) is 5.62. The van der Waals surface area contributed by atoms with Crippen LogP contribution in [-0.4, -0.2) is 51.8 Å². The van der Waals surface area contributed by atoms with Gasteiger partial charge in [-0.2, -0.15) is 0 Å². The summed E-state index contributed by atoms with van der Waals surface area (Å²) in [6, 6.07) is -0.646. The highest BCUT2D eigenvalue weighted by atomic mass is 16.5. The predicted molar refractivity (Wildman–Crippen MR) is 63.5 cm³/mol. The molecule has 1 amide bonds. The lowest BCUT2D eigenvalue weighted by atomic mass is 10.2. The van der Waals surface area contributed by atoms with E-state index in [1.165, 1.54) is 14.0 Å². The van der Waals surface area contributed by atoms with Crippen molar-refractivity contribution in [3.63, 3.8) is 0 Å². The molecular formula is C11H22N2O4. The summed E-state index contributed by atoms with van der Waals surface area (Å²) in [5.41, 5.74) is 0. The average molecular weight is 246 g/mol. The van der Waals surface area contributed by atoms with E-state index in [0.29, 0.717) is 25.6 Å². The van der Waals surface area contributed by atoms with Crippen molar-refractivity contribution < 1.29 is 19.1 Å². The molecule has 0 bridgehead atoms. The standard InChI is InChI=1S/C11H22N2O4/c1-8(7-16-3)5-12-6-10(11(15)17-4)13-9(2)14/h8,10,12H,5-7H2,1-4H3,(H,13,14). The van der Waals surface area contributed by atoms with E-state index in [2.05, 4.69) is 15.4 Å². The van der Waals surface area contributed by atoms with E-state index >= 15 is 0 Å². The van der Waals surface area contributed by atoms with Gasteiger partial charge in [-0.3, -0.25) is 4.79 Å². The van der Waals surface area contributed by atoms with Crippen molar-refractivity contribution in [2.75, 3.05) is 33.9 Å². The summed E-state index contributed by atoms with van der Waals surface area (Å²) >= 11 is 0. The van der Waals surface area contributed by atoms with Gasteiger partial charge < -0.3 is 20.1 Å². The molecule has 6 nitrogen and oxygen atoms in total. The van der Waals surface area contributed by atoms with Crippen LogP contribution >= 0.6 is 0 Å². The summed E-state index contributed by atoms with van der Waals surface area (Å²) in [6.07, 6.45) is 0. The van der Waals surface area contributed by atoms with Crippen molar-refractivity contribution in [3.8, 4) is 0 Å². The normalized spacial score (nSPS) is 13.9. The highest BCUT2D eigenvalue weighted by molar-refractivity contribution is 5.83. The first-order valence-electron chi connectivity index (χ1n) is 5.55. The molecule has 2 atom stereocenters. The molecule has 0 aromatic rings. The molecule has 0 saturated heterocycles. The van der Waals surface area contributed by atoms with Crippen LogP contribution in [0.3, 0.4) is 0 Å². The number of amides is 1. The van der Waals surface area contributed by atoms with Gasteiger partial charge >= 0.3 is 5.97 Å². The van der Waals surface area contributed by atoms with E-state index in [9.17, 15) is 9.59 Å². The molecule has 17 heavy (non-hydrogen) atoms. The molecule has 0 spiro atoms. The van der Waals surface area contributed by atoms with Gasteiger partial charge in [0, 0.05) is 27.2 Å². The number of rotatable bonds is 8. The molecule has 0 rings (SSSR count). The molecule has 0 aromatic carbocycles. The van der Waals surface area contributed by atoms with E-state index in [1.54, 1.807) is 7.11 Å². The Morgan fingerprint density at radius 1 is 1.24 bits per heavy atom. The van der Waals surface area contributed by atoms with Gasteiger partial charge in [-0.1, -0.05) is 6.92 Å². The number of hydrogen-bond donors (Lipinski definition) is 2. The SMILES string of the molecule is COCC(C)CNCC(NC(C)=O)C(=O)OC. The van der Waals surface area contributed by atoms with Crippen LogP contribution in [0.5, 0.6) is 0 Å². The van der Waals surface area contributed by atoms with Gasteiger partial charge in [-0.15, -0.1) is 0 Å². The fourth-order valence-corrected chi connectivity index (χ4v) is 1.40. The maximum atomic E-state index is 11.3. The topological polar surface area (TPSA) is 76.7 Å². The number of hydrogen-bond acceptors (Lipinski definition) is 5. The van der Waals surface area contributed by atoms with Crippen molar-refractivity contribution in [1.82, 2.24) is 10.6 Å². The van der Waals surface area contributed by atoms with Crippen molar-refractivity contribution in [2.45, 2.75) is 19.9 Å². The van der Waals surface area contributed by atoms with Gasteiger partial charge in [0.15, 0.2) is 0 Å². The van der Waals surface area contributed by atoms with Crippen molar-refractivity contribution in [3.05, 3.63) is 0 Å². The fraction of sp³-hybridized carbons (Fsp3) is 0.818. The number of carbonyl (C=O) groups is 2. The van der Waals surface area contributed by atoms with Crippen molar-refractivity contribution >= 4 is 11.9 Å². The highest BCUT2D eigenvalue weighted by Crippen LogP contribution is 1.93. The molecule has 0 aromatic heterocycles. The lowest BCUT2D eigenvalue weighted by Crippen LogP contribution is -2.47. The second-order valence-electron chi connectivity index (χ2n) is 4.00. The van der Waals surface area contributed by atoms with Crippen LogP contribution in [-0.2, 0) is 19.1 Å². The molecule has 0 radical (unpaired) electrons. The van der Waals surface area contributed by atoms with Crippen LogP contribution in [0.25, 0.3) is 0 Å². The van der Waals surface area contributed by atoms with E-state index in [-0.39, 0.29) is 5.91 Å². The van der Waals surface area contributed by atoms with Crippen LogP contribution < -0.4 is 10.6 Å². The maximum Gasteiger partial charge on any atom is 0.329 e. The number of nitrogens with one attached hydrogen (secondary N) is 2. The van der Waals surface area contributed by atoms with E-state index < -0.39 is 12.0 Å². The third-order valence-electron chi connectivity index (χ3n) is 2.16. The molecule has 0 aliphatic carbocycles. The minimum absolute atomic E-state index is 0.257. The first kappa shape index (κ1) is 15.9. The Bertz CT molecular complexity index is 246. The van der Waals surface area contributed by atoms with Crippen LogP contribution in [0.2, 0.25) is 0 Å². The number of esters is 1. The van der Waals surface area contributed by atoms with Crippen molar-refractivity contribution in [1.29, 1.82) is 0 Å². The van der Waals surface area contributed by atoms with Crippen LogP contribution in [0, 0.1) is 5.92 Å². The quantitative estimate of drug-likeness (QED) is 0.567. The third-order valence-corrected chi connectivity index (χ3v) is 2.16. The Balaban J connectivity index is 3.99. The minimum atomic E-state index is -0.646. The molecule has 2 N–H and O–H groups in total. The monoisotopic (exact) mass is 246 g/mol.